The van der Waals surface area contributed by atoms with Crippen LogP contribution in [0.15, 0.2) is 22.7 Å². The first kappa shape index (κ1) is 15.5. The van der Waals surface area contributed by atoms with Crippen molar-refractivity contribution in [3.63, 3.8) is 0 Å². The first-order valence-corrected chi connectivity index (χ1v) is 7.47. The second-order valence-corrected chi connectivity index (χ2v) is 5.28. The van der Waals surface area contributed by atoms with Crippen LogP contribution in [0.3, 0.4) is 0 Å². The van der Waals surface area contributed by atoms with Gasteiger partial charge in [-0.25, -0.2) is 0 Å². The van der Waals surface area contributed by atoms with Crippen LogP contribution in [0.5, 0.6) is 5.75 Å². The summed E-state index contributed by atoms with van der Waals surface area (Å²) in [5.74, 6) is 0.875. The molecule has 1 aromatic carbocycles. The summed E-state index contributed by atoms with van der Waals surface area (Å²) in [7, 11) is 1.68. The highest BCUT2D eigenvalue weighted by Crippen LogP contribution is 2.23. The van der Waals surface area contributed by atoms with E-state index < -0.39 is 0 Å². The Morgan fingerprint density at radius 3 is 2.61 bits per heavy atom. The third-order valence-corrected chi connectivity index (χ3v) is 3.68. The third kappa shape index (κ3) is 5.87. The van der Waals surface area contributed by atoms with E-state index in [4.69, 9.17) is 9.47 Å². The molecule has 0 bridgehead atoms. The first-order chi connectivity index (χ1) is 8.77. The summed E-state index contributed by atoms with van der Waals surface area (Å²) >= 11 is 3.53. The monoisotopic (exact) mass is 314 g/mol. The molecule has 0 heterocycles. The van der Waals surface area contributed by atoms with Crippen molar-refractivity contribution in [1.29, 1.82) is 0 Å². The Bertz CT molecular complexity index is 339. The minimum absolute atomic E-state index is 0.644. The standard InChI is InChI=1S/C15H23BrO2/c1-3-4-5-6-7-10-18-12-13-11-14(17-2)8-9-15(13)16/h8-9,11H,3-7,10,12H2,1-2H3. The fraction of sp³-hybridized carbons (Fsp3) is 0.600. The lowest BCUT2D eigenvalue weighted by Crippen LogP contribution is -1.97. The van der Waals surface area contributed by atoms with Crippen molar-refractivity contribution in [2.24, 2.45) is 0 Å². The van der Waals surface area contributed by atoms with Crippen molar-refractivity contribution < 1.29 is 9.47 Å². The van der Waals surface area contributed by atoms with Crippen molar-refractivity contribution in [3.05, 3.63) is 28.2 Å². The van der Waals surface area contributed by atoms with Crippen LogP contribution in [0.25, 0.3) is 0 Å². The summed E-state index contributed by atoms with van der Waals surface area (Å²) in [6.45, 7) is 3.72. The van der Waals surface area contributed by atoms with Crippen molar-refractivity contribution in [2.75, 3.05) is 13.7 Å². The summed E-state index contributed by atoms with van der Waals surface area (Å²) in [5, 5.41) is 0. The molecule has 0 aromatic heterocycles. The fourth-order valence-corrected chi connectivity index (χ4v) is 2.14. The van der Waals surface area contributed by atoms with Gasteiger partial charge in [-0.2, -0.15) is 0 Å². The molecule has 1 rings (SSSR count). The number of rotatable bonds is 9. The molecule has 0 saturated carbocycles. The van der Waals surface area contributed by atoms with Gasteiger partial charge in [-0.15, -0.1) is 0 Å². The maximum absolute atomic E-state index is 5.69. The molecule has 2 nitrogen and oxygen atoms in total. The minimum atomic E-state index is 0.644. The topological polar surface area (TPSA) is 18.5 Å². The lowest BCUT2D eigenvalue weighted by molar-refractivity contribution is 0.116. The van der Waals surface area contributed by atoms with Gasteiger partial charge in [-0.3, -0.25) is 0 Å². The van der Waals surface area contributed by atoms with Crippen LogP contribution >= 0.6 is 15.9 Å². The summed E-state index contributed by atoms with van der Waals surface area (Å²) < 4.78 is 12.0. The van der Waals surface area contributed by atoms with E-state index >= 15 is 0 Å². The summed E-state index contributed by atoms with van der Waals surface area (Å²) in [4.78, 5) is 0. The van der Waals surface area contributed by atoms with Crippen LogP contribution in [0.2, 0.25) is 0 Å². The smallest absolute Gasteiger partial charge is 0.119 e. The lowest BCUT2D eigenvalue weighted by Gasteiger charge is -2.08. The molecule has 0 aliphatic heterocycles. The molecule has 3 heteroatoms. The maximum Gasteiger partial charge on any atom is 0.119 e. The Morgan fingerprint density at radius 1 is 1.11 bits per heavy atom. The number of unbranched alkanes of at least 4 members (excludes halogenated alkanes) is 4. The van der Waals surface area contributed by atoms with E-state index in [0.29, 0.717) is 6.61 Å². The zero-order valence-electron chi connectivity index (χ0n) is 11.4. The maximum atomic E-state index is 5.69. The summed E-state index contributed by atoms with van der Waals surface area (Å²) in [6, 6.07) is 5.96. The zero-order valence-corrected chi connectivity index (χ0v) is 13.0. The van der Waals surface area contributed by atoms with E-state index in [1.54, 1.807) is 7.11 Å². The van der Waals surface area contributed by atoms with Crippen molar-refractivity contribution in [3.8, 4) is 5.75 Å². The van der Waals surface area contributed by atoms with E-state index in [1.165, 1.54) is 25.7 Å². The fourth-order valence-electron chi connectivity index (χ4n) is 1.78. The molecule has 0 radical (unpaired) electrons. The van der Waals surface area contributed by atoms with Gasteiger partial charge in [0.05, 0.1) is 13.7 Å². The van der Waals surface area contributed by atoms with Crippen molar-refractivity contribution in [1.82, 2.24) is 0 Å². The lowest BCUT2D eigenvalue weighted by atomic mass is 10.2. The second-order valence-electron chi connectivity index (χ2n) is 4.42. The van der Waals surface area contributed by atoms with Crippen LogP contribution in [-0.4, -0.2) is 13.7 Å². The highest BCUT2D eigenvalue weighted by atomic mass is 79.9. The number of methoxy groups -OCH3 is 1. The van der Waals surface area contributed by atoms with Crippen LogP contribution in [0.1, 0.15) is 44.6 Å². The van der Waals surface area contributed by atoms with Crippen LogP contribution in [0.4, 0.5) is 0 Å². The van der Waals surface area contributed by atoms with Gasteiger partial charge in [0.15, 0.2) is 0 Å². The van der Waals surface area contributed by atoms with E-state index in [1.807, 2.05) is 18.2 Å². The molecular formula is C15H23BrO2. The predicted octanol–water partition coefficient (Wildman–Crippen LogP) is 4.94. The Morgan fingerprint density at radius 2 is 1.89 bits per heavy atom. The number of hydrogen-bond acceptors (Lipinski definition) is 2. The Hall–Kier alpha value is -0.540. The number of benzene rings is 1. The second kappa shape index (κ2) is 9.40. The molecule has 0 aliphatic carbocycles. The van der Waals surface area contributed by atoms with Gasteiger partial charge >= 0.3 is 0 Å². The quantitative estimate of drug-likeness (QED) is 0.601. The molecule has 0 saturated heterocycles. The minimum Gasteiger partial charge on any atom is -0.497 e. The number of halogens is 1. The van der Waals surface area contributed by atoms with Gasteiger partial charge < -0.3 is 9.47 Å². The average Bonchev–Trinajstić information content (AvgIpc) is 2.39. The van der Waals surface area contributed by atoms with Gasteiger partial charge in [-0.1, -0.05) is 48.5 Å². The van der Waals surface area contributed by atoms with Crippen LogP contribution in [-0.2, 0) is 11.3 Å². The molecule has 0 unspecified atom stereocenters. The van der Waals surface area contributed by atoms with E-state index in [2.05, 4.69) is 22.9 Å². The van der Waals surface area contributed by atoms with E-state index in [-0.39, 0.29) is 0 Å². The molecule has 1 aromatic rings. The molecule has 0 atom stereocenters. The van der Waals surface area contributed by atoms with Gasteiger partial charge in [0.1, 0.15) is 5.75 Å². The molecular weight excluding hydrogens is 292 g/mol. The van der Waals surface area contributed by atoms with Crippen molar-refractivity contribution >= 4 is 15.9 Å². The summed E-state index contributed by atoms with van der Waals surface area (Å²) in [6.07, 6.45) is 6.37. The largest absolute Gasteiger partial charge is 0.497 e. The highest BCUT2D eigenvalue weighted by Gasteiger charge is 2.02. The number of hydrogen-bond donors (Lipinski definition) is 0. The van der Waals surface area contributed by atoms with Gasteiger partial charge in [-0.05, 0) is 30.2 Å². The Balaban J connectivity index is 2.22. The van der Waals surface area contributed by atoms with Crippen LogP contribution in [0, 0.1) is 0 Å². The normalized spacial score (nSPS) is 10.6. The molecule has 0 N–H and O–H groups in total. The van der Waals surface area contributed by atoms with E-state index in [9.17, 15) is 0 Å². The third-order valence-electron chi connectivity index (χ3n) is 2.90. The molecule has 0 fully saturated rings. The van der Waals surface area contributed by atoms with Gasteiger partial charge in [0, 0.05) is 11.1 Å². The first-order valence-electron chi connectivity index (χ1n) is 6.68. The highest BCUT2D eigenvalue weighted by molar-refractivity contribution is 9.10. The Labute approximate surface area is 119 Å². The van der Waals surface area contributed by atoms with Gasteiger partial charge in [0.25, 0.3) is 0 Å². The molecule has 18 heavy (non-hydrogen) atoms. The Kier molecular flexibility index (Phi) is 8.10. The number of ether oxygens (including phenoxy) is 2. The molecule has 0 amide bonds. The van der Waals surface area contributed by atoms with Crippen LogP contribution < -0.4 is 4.74 Å². The molecule has 0 aliphatic rings. The summed E-state index contributed by atoms with van der Waals surface area (Å²) in [5.41, 5.74) is 1.14. The average molecular weight is 315 g/mol. The van der Waals surface area contributed by atoms with Crippen molar-refractivity contribution in [2.45, 2.75) is 45.6 Å². The predicted molar refractivity (Wildman–Crippen MR) is 79.1 cm³/mol. The molecule has 102 valence electrons. The zero-order chi connectivity index (χ0) is 13.2. The van der Waals surface area contributed by atoms with Gasteiger partial charge in [0.2, 0.25) is 0 Å². The molecule has 0 spiro atoms. The SMILES string of the molecule is CCCCCCCOCc1cc(OC)ccc1Br. The van der Waals surface area contributed by atoms with E-state index in [0.717, 1.165) is 28.8 Å².